The molecular weight excluding hydrogens is 330 g/mol. The van der Waals surface area contributed by atoms with Gasteiger partial charge in [-0.05, 0) is 42.6 Å². The summed E-state index contributed by atoms with van der Waals surface area (Å²) in [6.07, 6.45) is 1.53. The van der Waals surface area contributed by atoms with Crippen molar-refractivity contribution in [2.24, 2.45) is 0 Å². The summed E-state index contributed by atoms with van der Waals surface area (Å²) >= 11 is 3.00. The molecule has 3 rings (SSSR count). The molecule has 3 aromatic rings. The maximum atomic E-state index is 12.1. The number of nitrogens with zero attached hydrogens (tertiary/aromatic N) is 2. The molecule has 0 atom stereocenters. The standard InChI is InChI=1S/C16H15N3O2S2/c1-2-21-12-5-3-11(4-6-12)19-14(20)9-23-16-15-13(7-8-22-15)17-10-18-16/h3-8,10H,2,9H2,1H3,(H,19,20). The third kappa shape index (κ3) is 4.00. The molecule has 1 amide bonds. The minimum atomic E-state index is -0.0671. The van der Waals surface area contributed by atoms with Gasteiger partial charge in [-0.2, -0.15) is 0 Å². The first-order valence-electron chi connectivity index (χ1n) is 7.10. The van der Waals surface area contributed by atoms with Crippen molar-refractivity contribution in [3.05, 3.63) is 42.0 Å². The highest BCUT2D eigenvalue weighted by molar-refractivity contribution is 8.00. The van der Waals surface area contributed by atoms with E-state index in [0.717, 1.165) is 26.7 Å². The molecule has 5 nitrogen and oxygen atoms in total. The highest BCUT2D eigenvalue weighted by Gasteiger charge is 2.09. The predicted molar refractivity (Wildman–Crippen MR) is 94.4 cm³/mol. The second-order valence-corrected chi connectivity index (χ2v) is 6.49. The topological polar surface area (TPSA) is 64.1 Å². The lowest BCUT2D eigenvalue weighted by molar-refractivity contribution is -0.113. The van der Waals surface area contributed by atoms with Gasteiger partial charge in [0.25, 0.3) is 0 Å². The van der Waals surface area contributed by atoms with E-state index in [0.29, 0.717) is 12.4 Å². The first-order valence-corrected chi connectivity index (χ1v) is 8.96. The van der Waals surface area contributed by atoms with E-state index in [9.17, 15) is 4.79 Å². The summed E-state index contributed by atoms with van der Waals surface area (Å²) in [4.78, 5) is 20.5. The molecule has 0 bridgehead atoms. The molecule has 0 aliphatic carbocycles. The van der Waals surface area contributed by atoms with E-state index in [1.807, 2.05) is 42.6 Å². The summed E-state index contributed by atoms with van der Waals surface area (Å²) in [6.45, 7) is 2.56. The summed E-state index contributed by atoms with van der Waals surface area (Å²) in [5.41, 5.74) is 1.67. The minimum absolute atomic E-state index is 0.0671. The molecular formula is C16H15N3O2S2. The number of carbonyl (C=O) groups is 1. The maximum absolute atomic E-state index is 12.1. The lowest BCUT2D eigenvalue weighted by Gasteiger charge is -2.07. The second-order valence-electron chi connectivity index (χ2n) is 4.61. The van der Waals surface area contributed by atoms with Gasteiger partial charge in [-0.15, -0.1) is 11.3 Å². The van der Waals surface area contributed by atoms with Gasteiger partial charge in [-0.3, -0.25) is 4.79 Å². The molecule has 0 radical (unpaired) electrons. The summed E-state index contributed by atoms with van der Waals surface area (Å²) in [5.74, 6) is 1.03. The Hall–Kier alpha value is -2.12. The number of aromatic nitrogens is 2. The van der Waals surface area contributed by atoms with E-state index in [-0.39, 0.29) is 5.91 Å². The van der Waals surface area contributed by atoms with E-state index in [4.69, 9.17) is 4.74 Å². The Morgan fingerprint density at radius 2 is 2.09 bits per heavy atom. The molecule has 2 heterocycles. The molecule has 0 saturated carbocycles. The van der Waals surface area contributed by atoms with Gasteiger partial charge >= 0.3 is 0 Å². The maximum Gasteiger partial charge on any atom is 0.234 e. The number of thiophene rings is 1. The lowest BCUT2D eigenvalue weighted by Crippen LogP contribution is -2.14. The van der Waals surface area contributed by atoms with Crippen molar-refractivity contribution in [1.29, 1.82) is 0 Å². The fourth-order valence-corrected chi connectivity index (χ4v) is 3.75. The van der Waals surface area contributed by atoms with Crippen LogP contribution in [0.4, 0.5) is 5.69 Å². The van der Waals surface area contributed by atoms with Crippen LogP contribution >= 0.6 is 23.1 Å². The van der Waals surface area contributed by atoms with Crippen LogP contribution in [0.3, 0.4) is 0 Å². The molecule has 1 N–H and O–H groups in total. The smallest absolute Gasteiger partial charge is 0.234 e. The van der Waals surface area contributed by atoms with Gasteiger partial charge in [0.05, 0.1) is 22.6 Å². The zero-order chi connectivity index (χ0) is 16.1. The lowest BCUT2D eigenvalue weighted by atomic mass is 10.3. The van der Waals surface area contributed by atoms with Crippen LogP contribution in [-0.4, -0.2) is 28.2 Å². The normalized spacial score (nSPS) is 10.7. The van der Waals surface area contributed by atoms with Crippen LogP contribution in [0.25, 0.3) is 10.2 Å². The number of thioether (sulfide) groups is 1. The van der Waals surface area contributed by atoms with Crippen molar-refractivity contribution >= 4 is 44.9 Å². The number of amides is 1. The molecule has 118 valence electrons. The van der Waals surface area contributed by atoms with Crippen LogP contribution in [0.2, 0.25) is 0 Å². The summed E-state index contributed by atoms with van der Waals surface area (Å²) < 4.78 is 6.39. The second kappa shape index (κ2) is 7.43. The Morgan fingerprint density at radius 3 is 2.87 bits per heavy atom. The van der Waals surface area contributed by atoms with Gasteiger partial charge in [-0.25, -0.2) is 9.97 Å². The van der Waals surface area contributed by atoms with Gasteiger partial charge in [0.1, 0.15) is 17.1 Å². The molecule has 7 heteroatoms. The van der Waals surface area contributed by atoms with E-state index in [1.165, 1.54) is 18.1 Å². The number of carbonyl (C=O) groups excluding carboxylic acids is 1. The highest BCUT2D eigenvalue weighted by atomic mass is 32.2. The summed E-state index contributed by atoms with van der Waals surface area (Å²) in [5, 5.41) is 5.68. The van der Waals surface area contributed by atoms with Gasteiger partial charge in [-0.1, -0.05) is 11.8 Å². The predicted octanol–water partition coefficient (Wildman–Crippen LogP) is 3.82. The molecule has 0 fully saturated rings. The van der Waals surface area contributed by atoms with Crippen LogP contribution in [0.15, 0.2) is 47.1 Å². The van der Waals surface area contributed by atoms with E-state index < -0.39 is 0 Å². The average Bonchev–Trinajstić information content (AvgIpc) is 3.04. The number of nitrogens with one attached hydrogen (secondary N) is 1. The summed E-state index contributed by atoms with van der Waals surface area (Å²) in [6, 6.07) is 9.29. The van der Waals surface area contributed by atoms with E-state index >= 15 is 0 Å². The van der Waals surface area contributed by atoms with Crippen LogP contribution in [-0.2, 0) is 4.79 Å². The fraction of sp³-hybridized carbons (Fsp3) is 0.188. The van der Waals surface area contributed by atoms with Crippen LogP contribution in [0.5, 0.6) is 5.75 Å². The number of hydrogen-bond donors (Lipinski definition) is 1. The largest absolute Gasteiger partial charge is 0.494 e. The quantitative estimate of drug-likeness (QED) is 0.543. The minimum Gasteiger partial charge on any atom is -0.494 e. The molecule has 0 aliphatic rings. The SMILES string of the molecule is CCOc1ccc(NC(=O)CSc2ncnc3ccsc23)cc1. The van der Waals surface area contributed by atoms with Crippen molar-refractivity contribution in [2.45, 2.75) is 11.9 Å². The van der Waals surface area contributed by atoms with Crippen molar-refractivity contribution in [2.75, 3.05) is 17.7 Å². The van der Waals surface area contributed by atoms with E-state index in [2.05, 4.69) is 15.3 Å². The van der Waals surface area contributed by atoms with Crippen LogP contribution in [0, 0.1) is 0 Å². The number of ether oxygens (including phenoxy) is 1. The zero-order valence-corrected chi connectivity index (χ0v) is 14.1. The summed E-state index contributed by atoms with van der Waals surface area (Å²) in [7, 11) is 0. The Bertz CT molecular complexity index is 802. The highest BCUT2D eigenvalue weighted by Crippen LogP contribution is 2.28. The average molecular weight is 345 g/mol. The van der Waals surface area contributed by atoms with Crippen molar-refractivity contribution in [3.63, 3.8) is 0 Å². The third-order valence-electron chi connectivity index (χ3n) is 3.00. The molecule has 2 aromatic heterocycles. The molecule has 23 heavy (non-hydrogen) atoms. The van der Waals surface area contributed by atoms with Crippen molar-refractivity contribution in [3.8, 4) is 5.75 Å². The molecule has 0 spiro atoms. The fourth-order valence-electron chi connectivity index (χ4n) is 2.00. The van der Waals surface area contributed by atoms with Crippen LogP contribution < -0.4 is 10.1 Å². The van der Waals surface area contributed by atoms with Crippen LogP contribution in [0.1, 0.15) is 6.92 Å². The Morgan fingerprint density at radius 1 is 1.26 bits per heavy atom. The van der Waals surface area contributed by atoms with Crippen molar-refractivity contribution < 1.29 is 9.53 Å². The van der Waals surface area contributed by atoms with E-state index in [1.54, 1.807) is 11.3 Å². The monoisotopic (exact) mass is 345 g/mol. The molecule has 0 unspecified atom stereocenters. The molecule has 0 saturated heterocycles. The zero-order valence-electron chi connectivity index (χ0n) is 12.5. The number of hydrogen-bond acceptors (Lipinski definition) is 6. The Balaban J connectivity index is 1.58. The number of rotatable bonds is 6. The van der Waals surface area contributed by atoms with Gasteiger partial charge in [0.2, 0.25) is 5.91 Å². The first kappa shape index (κ1) is 15.8. The Labute approximate surface area is 142 Å². The van der Waals surface area contributed by atoms with Crippen molar-refractivity contribution in [1.82, 2.24) is 9.97 Å². The van der Waals surface area contributed by atoms with Gasteiger partial charge in [0.15, 0.2) is 0 Å². The number of fused-ring (bicyclic) bond motifs is 1. The molecule has 0 aliphatic heterocycles. The first-order chi connectivity index (χ1) is 11.3. The molecule has 1 aromatic carbocycles. The number of benzene rings is 1. The third-order valence-corrected chi connectivity index (χ3v) is 5.03. The Kier molecular flexibility index (Phi) is 5.09. The van der Waals surface area contributed by atoms with Gasteiger partial charge < -0.3 is 10.1 Å². The number of anilines is 1. The van der Waals surface area contributed by atoms with Gasteiger partial charge in [0, 0.05) is 5.69 Å².